The zero-order valence-corrected chi connectivity index (χ0v) is 10.7. The monoisotopic (exact) mass is 271 g/mol. The molecular weight excluding hydrogens is 258 g/mol. The highest BCUT2D eigenvalue weighted by molar-refractivity contribution is 7.89. The van der Waals surface area contributed by atoms with Crippen molar-refractivity contribution >= 4 is 15.8 Å². The normalized spacial score (nSPS) is 11.9. The number of nitrogens with zero attached hydrogens (tertiary/aromatic N) is 3. The van der Waals surface area contributed by atoms with Crippen molar-refractivity contribution in [2.75, 3.05) is 5.73 Å². The second-order valence-corrected chi connectivity index (χ2v) is 5.44. The number of nitrogens with two attached hydrogens (primary N) is 1. The summed E-state index contributed by atoms with van der Waals surface area (Å²) in [7, 11) is -2.09. The maximum atomic E-state index is 12.1. The second-order valence-electron chi connectivity index (χ2n) is 3.74. The summed E-state index contributed by atoms with van der Waals surface area (Å²) in [6.07, 6.45) is 1.37. The van der Waals surface area contributed by atoms with Gasteiger partial charge >= 0.3 is 0 Å². The Morgan fingerprint density at radius 2 is 2.28 bits per heavy atom. The van der Waals surface area contributed by atoms with Crippen LogP contribution in [0.25, 0.3) is 0 Å². The second kappa shape index (κ2) is 4.42. The summed E-state index contributed by atoms with van der Waals surface area (Å²) in [5, 5.41) is 7.47. The lowest BCUT2D eigenvalue weighted by Gasteiger charge is -2.05. The van der Waals surface area contributed by atoms with E-state index in [9.17, 15) is 8.42 Å². The van der Waals surface area contributed by atoms with Crippen LogP contribution < -0.4 is 10.5 Å². The highest BCUT2D eigenvalue weighted by Gasteiger charge is 2.24. The minimum atomic E-state index is -3.72. The van der Waals surface area contributed by atoms with Crippen molar-refractivity contribution in [3.05, 3.63) is 23.7 Å². The molecule has 98 valence electrons. The SMILES string of the molecule is Cc1c(S(=O)(=O)NCc2ccon2)c(N)nn1C. The molecule has 2 rings (SSSR count). The van der Waals surface area contributed by atoms with Crippen molar-refractivity contribution in [3.63, 3.8) is 0 Å². The number of nitrogen functional groups attached to an aromatic ring is 1. The van der Waals surface area contributed by atoms with E-state index in [2.05, 4.69) is 19.5 Å². The molecule has 0 aliphatic carbocycles. The maximum Gasteiger partial charge on any atom is 0.246 e. The molecule has 3 N–H and O–H groups in total. The topological polar surface area (TPSA) is 116 Å². The molecule has 0 saturated carbocycles. The Balaban J connectivity index is 2.26. The fourth-order valence-corrected chi connectivity index (χ4v) is 2.84. The molecule has 0 saturated heterocycles. The minimum Gasteiger partial charge on any atom is -0.381 e. The number of rotatable bonds is 4. The van der Waals surface area contributed by atoms with Gasteiger partial charge in [-0.3, -0.25) is 4.68 Å². The molecule has 9 heteroatoms. The van der Waals surface area contributed by atoms with Crippen molar-refractivity contribution in [1.29, 1.82) is 0 Å². The van der Waals surface area contributed by atoms with Crippen molar-refractivity contribution in [2.24, 2.45) is 7.05 Å². The van der Waals surface area contributed by atoms with Crippen LogP contribution in [-0.4, -0.2) is 23.4 Å². The van der Waals surface area contributed by atoms with E-state index in [1.54, 1.807) is 20.0 Å². The van der Waals surface area contributed by atoms with Gasteiger partial charge in [-0.1, -0.05) is 5.16 Å². The van der Waals surface area contributed by atoms with E-state index >= 15 is 0 Å². The largest absolute Gasteiger partial charge is 0.381 e. The van der Waals surface area contributed by atoms with Gasteiger partial charge in [-0.05, 0) is 6.92 Å². The van der Waals surface area contributed by atoms with Gasteiger partial charge in [0.1, 0.15) is 11.2 Å². The summed E-state index contributed by atoms with van der Waals surface area (Å²) in [5.74, 6) is -0.0253. The lowest BCUT2D eigenvalue weighted by molar-refractivity contribution is 0.411. The number of anilines is 1. The standard InChI is InChI=1S/C9H13N5O3S/c1-6-8(9(10)12-14(6)2)18(15,16)11-5-7-3-4-17-13-7/h3-4,11H,5H2,1-2H3,(H2,10,12). The smallest absolute Gasteiger partial charge is 0.246 e. The Kier molecular flexibility index (Phi) is 3.09. The zero-order valence-electron chi connectivity index (χ0n) is 9.91. The molecule has 0 unspecified atom stereocenters. The molecule has 0 radical (unpaired) electrons. The Labute approximate surface area is 104 Å². The van der Waals surface area contributed by atoms with Crippen molar-refractivity contribution in [1.82, 2.24) is 19.7 Å². The van der Waals surface area contributed by atoms with Gasteiger partial charge in [-0.25, -0.2) is 13.1 Å². The van der Waals surface area contributed by atoms with E-state index in [1.807, 2.05) is 0 Å². The first-order valence-electron chi connectivity index (χ1n) is 5.10. The molecule has 0 fully saturated rings. The lowest BCUT2D eigenvalue weighted by Crippen LogP contribution is -2.24. The molecule has 2 aromatic heterocycles. The van der Waals surface area contributed by atoms with Crippen LogP contribution in [0.4, 0.5) is 5.82 Å². The molecule has 18 heavy (non-hydrogen) atoms. The summed E-state index contributed by atoms with van der Waals surface area (Å²) >= 11 is 0. The van der Waals surface area contributed by atoms with E-state index in [0.717, 1.165) is 0 Å². The molecule has 0 bridgehead atoms. The Bertz CT molecular complexity index is 644. The molecule has 0 atom stereocenters. The molecule has 0 aromatic carbocycles. The lowest BCUT2D eigenvalue weighted by atomic mass is 10.4. The highest BCUT2D eigenvalue weighted by Crippen LogP contribution is 2.20. The molecule has 0 amide bonds. The summed E-state index contributed by atoms with van der Waals surface area (Å²) in [5.41, 5.74) is 6.55. The third-order valence-electron chi connectivity index (χ3n) is 2.51. The number of aromatic nitrogens is 3. The van der Waals surface area contributed by atoms with Crippen molar-refractivity contribution in [3.8, 4) is 0 Å². The van der Waals surface area contributed by atoms with Crippen LogP contribution in [0.5, 0.6) is 0 Å². The number of hydrogen-bond acceptors (Lipinski definition) is 6. The number of sulfonamides is 1. The first kappa shape index (κ1) is 12.6. The zero-order chi connectivity index (χ0) is 13.3. The first-order valence-corrected chi connectivity index (χ1v) is 6.58. The van der Waals surface area contributed by atoms with Gasteiger partial charge < -0.3 is 10.3 Å². The molecule has 0 spiro atoms. The maximum absolute atomic E-state index is 12.1. The van der Waals surface area contributed by atoms with E-state index in [4.69, 9.17) is 5.73 Å². The van der Waals surface area contributed by atoms with E-state index in [1.165, 1.54) is 10.9 Å². The van der Waals surface area contributed by atoms with Gasteiger partial charge in [-0.15, -0.1) is 0 Å². The molecule has 2 aromatic rings. The van der Waals surface area contributed by atoms with Crippen LogP contribution in [0.3, 0.4) is 0 Å². The van der Waals surface area contributed by atoms with Gasteiger partial charge in [0.25, 0.3) is 0 Å². The van der Waals surface area contributed by atoms with Crippen LogP contribution in [-0.2, 0) is 23.6 Å². The van der Waals surface area contributed by atoms with Crippen LogP contribution in [0.1, 0.15) is 11.4 Å². The first-order chi connectivity index (χ1) is 8.42. The van der Waals surface area contributed by atoms with Crippen LogP contribution in [0, 0.1) is 6.92 Å². The average molecular weight is 271 g/mol. The third kappa shape index (κ3) is 2.22. The Morgan fingerprint density at radius 1 is 1.56 bits per heavy atom. The van der Waals surface area contributed by atoms with Crippen LogP contribution >= 0.6 is 0 Å². The van der Waals surface area contributed by atoms with Crippen LogP contribution in [0.15, 0.2) is 21.7 Å². The van der Waals surface area contributed by atoms with E-state index in [0.29, 0.717) is 11.4 Å². The van der Waals surface area contributed by atoms with Gasteiger partial charge in [0, 0.05) is 13.1 Å². The fraction of sp³-hybridized carbons (Fsp3) is 0.333. The van der Waals surface area contributed by atoms with Crippen molar-refractivity contribution < 1.29 is 12.9 Å². The van der Waals surface area contributed by atoms with Crippen LogP contribution in [0.2, 0.25) is 0 Å². The Morgan fingerprint density at radius 3 is 2.78 bits per heavy atom. The summed E-state index contributed by atoms with van der Waals surface area (Å²) in [6.45, 7) is 1.67. The van der Waals surface area contributed by atoms with Gasteiger partial charge in [0.05, 0.1) is 17.9 Å². The summed E-state index contributed by atoms with van der Waals surface area (Å²) in [6, 6.07) is 1.57. The minimum absolute atomic E-state index is 0.00602. The number of aryl methyl sites for hydroxylation is 1. The molecule has 2 heterocycles. The van der Waals surface area contributed by atoms with Gasteiger partial charge in [-0.2, -0.15) is 5.10 Å². The van der Waals surface area contributed by atoms with Crippen molar-refractivity contribution in [2.45, 2.75) is 18.4 Å². The number of hydrogen-bond donors (Lipinski definition) is 2. The molecule has 0 aliphatic heterocycles. The predicted molar refractivity (Wildman–Crippen MR) is 62.9 cm³/mol. The van der Waals surface area contributed by atoms with Gasteiger partial charge in [0.15, 0.2) is 5.82 Å². The molecular formula is C9H13N5O3S. The molecule has 0 aliphatic rings. The van der Waals surface area contributed by atoms with E-state index < -0.39 is 10.0 Å². The third-order valence-corrected chi connectivity index (χ3v) is 4.07. The van der Waals surface area contributed by atoms with E-state index in [-0.39, 0.29) is 17.3 Å². The fourth-order valence-electron chi connectivity index (χ4n) is 1.52. The average Bonchev–Trinajstić information content (AvgIpc) is 2.86. The summed E-state index contributed by atoms with van der Waals surface area (Å²) in [4.78, 5) is -0.00602. The highest BCUT2D eigenvalue weighted by atomic mass is 32.2. The molecule has 8 nitrogen and oxygen atoms in total. The Hall–Kier alpha value is -1.87. The predicted octanol–water partition coefficient (Wildman–Crippen LogP) is -0.223. The quantitative estimate of drug-likeness (QED) is 0.794. The summed E-state index contributed by atoms with van der Waals surface area (Å²) < 4.78 is 32.6. The van der Waals surface area contributed by atoms with Gasteiger partial charge in [0.2, 0.25) is 10.0 Å². The number of nitrogens with one attached hydrogen (secondary N) is 1.